The van der Waals surface area contributed by atoms with Gasteiger partial charge in [0.25, 0.3) is 0 Å². The Hall–Kier alpha value is -1.95. The lowest BCUT2D eigenvalue weighted by Gasteiger charge is -2.27. The Morgan fingerprint density at radius 1 is 1.17 bits per heavy atom. The van der Waals surface area contributed by atoms with Crippen molar-refractivity contribution < 1.29 is 0 Å². The minimum absolute atomic E-state index is 0.497. The van der Waals surface area contributed by atoms with Crippen molar-refractivity contribution in [3.63, 3.8) is 0 Å². The number of anilines is 1. The fourth-order valence-electron chi connectivity index (χ4n) is 4.23. The molecule has 124 valence electrons. The smallest absolute Gasteiger partial charge is 0.141 e. The van der Waals surface area contributed by atoms with Gasteiger partial charge in [-0.25, -0.2) is 15.0 Å². The maximum absolute atomic E-state index is 4.75. The summed E-state index contributed by atoms with van der Waals surface area (Å²) in [7, 11) is 0. The highest BCUT2D eigenvalue weighted by Crippen LogP contribution is 2.40. The first kappa shape index (κ1) is 14.4. The number of fused-ring (bicyclic) bond motifs is 3. The normalized spacial score (nSPS) is 20.7. The van der Waals surface area contributed by atoms with Gasteiger partial charge in [-0.05, 0) is 44.1 Å². The summed E-state index contributed by atoms with van der Waals surface area (Å²) < 4.78 is 2.18. The molecule has 5 nitrogen and oxygen atoms in total. The maximum Gasteiger partial charge on any atom is 0.141 e. The summed E-state index contributed by atoms with van der Waals surface area (Å²) >= 11 is 1.89. The molecule has 3 aromatic rings. The number of hydrogen-bond donors (Lipinski definition) is 0. The van der Waals surface area contributed by atoms with E-state index in [0.29, 0.717) is 6.04 Å². The van der Waals surface area contributed by atoms with Crippen LogP contribution in [-0.4, -0.2) is 32.1 Å². The third kappa shape index (κ3) is 2.32. The Morgan fingerprint density at radius 2 is 2.12 bits per heavy atom. The monoisotopic (exact) mass is 339 g/mol. The molecule has 4 heterocycles. The Morgan fingerprint density at radius 3 is 3.04 bits per heavy atom. The summed E-state index contributed by atoms with van der Waals surface area (Å²) in [4.78, 5) is 18.8. The Bertz CT molecular complexity index is 854. The molecule has 6 heteroatoms. The molecule has 24 heavy (non-hydrogen) atoms. The molecule has 1 aliphatic heterocycles. The standard InChI is InChI=1S/C18H21N5S/c1-2-6-15-14(5-1)16-17(20-11-21-18(16)24-15)23-8-3-4-13(23)10-22-9-7-19-12-22/h7,9,11-13H,1-6,8,10H2. The van der Waals surface area contributed by atoms with Gasteiger partial charge in [0.1, 0.15) is 17.0 Å². The van der Waals surface area contributed by atoms with Gasteiger partial charge in [-0.15, -0.1) is 11.3 Å². The van der Waals surface area contributed by atoms with Crippen LogP contribution >= 0.6 is 11.3 Å². The fraction of sp³-hybridized carbons (Fsp3) is 0.500. The van der Waals surface area contributed by atoms with Gasteiger partial charge < -0.3 is 9.47 Å². The zero-order chi connectivity index (χ0) is 15.9. The molecule has 2 aliphatic rings. The van der Waals surface area contributed by atoms with Crippen LogP contribution in [0.4, 0.5) is 5.82 Å². The molecular weight excluding hydrogens is 318 g/mol. The summed E-state index contributed by atoms with van der Waals surface area (Å²) in [5.74, 6) is 1.17. The van der Waals surface area contributed by atoms with E-state index in [-0.39, 0.29) is 0 Å². The highest BCUT2D eigenvalue weighted by Gasteiger charge is 2.29. The van der Waals surface area contributed by atoms with Crippen molar-refractivity contribution in [2.24, 2.45) is 0 Å². The molecule has 0 spiro atoms. The molecule has 3 aromatic heterocycles. The van der Waals surface area contributed by atoms with Crippen LogP contribution in [0.3, 0.4) is 0 Å². The highest BCUT2D eigenvalue weighted by atomic mass is 32.1. The lowest BCUT2D eigenvalue weighted by molar-refractivity contribution is 0.548. The van der Waals surface area contributed by atoms with Gasteiger partial charge in [-0.2, -0.15) is 0 Å². The van der Waals surface area contributed by atoms with Crippen LogP contribution in [0.15, 0.2) is 25.0 Å². The zero-order valence-corrected chi connectivity index (χ0v) is 14.5. The van der Waals surface area contributed by atoms with Gasteiger partial charge in [0.15, 0.2) is 0 Å². The number of imidazole rings is 1. The Balaban J connectivity index is 1.56. The molecule has 1 aliphatic carbocycles. The van der Waals surface area contributed by atoms with E-state index in [1.165, 1.54) is 60.1 Å². The predicted octanol–water partition coefficient (Wildman–Crippen LogP) is 3.44. The summed E-state index contributed by atoms with van der Waals surface area (Å²) in [6.45, 7) is 2.08. The van der Waals surface area contributed by atoms with Gasteiger partial charge in [-0.3, -0.25) is 0 Å². The molecule has 1 fully saturated rings. The second kappa shape index (κ2) is 5.84. The van der Waals surface area contributed by atoms with Crippen LogP contribution in [0.1, 0.15) is 36.1 Å². The SMILES string of the molecule is c1cn(CC2CCCN2c2ncnc3sc4c(c23)CCCC4)cn1. The lowest BCUT2D eigenvalue weighted by Crippen LogP contribution is -2.33. The quantitative estimate of drug-likeness (QED) is 0.733. The van der Waals surface area contributed by atoms with E-state index >= 15 is 0 Å². The van der Waals surface area contributed by atoms with Crippen LogP contribution in [0.25, 0.3) is 10.2 Å². The highest BCUT2D eigenvalue weighted by molar-refractivity contribution is 7.19. The minimum Gasteiger partial charge on any atom is -0.351 e. The number of thiophene rings is 1. The first-order valence-corrected chi connectivity index (χ1v) is 9.69. The third-order valence-electron chi connectivity index (χ3n) is 5.36. The molecule has 1 saturated heterocycles. The van der Waals surface area contributed by atoms with Crippen LogP contribution in [-0.2, 0) is 19.4 Å². The van der Waals surface area contributed by atoms with E-state index in [1.807, 2.05) is 23.9 Å². The average Bonchev–Trinajstić information content (AvgIpc) is 3.34. The van der Waals surface area contributed by atoms with Crippen molar-refractivity contribution in [1.82, 2.24) is 19.5 Å². The predicted molar refractivity (Wildman–Crippen MR) is 96.7 cm³/mol. The molecule has 0 saturated carbocycles. The second-order valence-electron chi connectivity index (χ2n) is 6.84. The third-order valence-corrected chi connectivity index (χ3v) is 6.56. The van der Waals surface area contributed by atoms with E-state index < -0.39 is 0 Å². The number of hydrogen-bond acceptors (Lipinski definition) is 5. The summed E-state index contributed by atoms with van der Waals surface area (Å²) in [5, 5.41) is 1.34. The molecule has 1 unspecified atom stereocenters. The van der Waals surface area contributed by atoms with Crippen molar-refractivity contribution in [3.05, 3.63) is 35.5 Å². The summed E-state index contributed by atoms with van der Waals surface area (Å²) in [5.41, 5.74) is 1.53. The number of nitrogens with zero attached hydrogens (tertiary/aromatic N) is 5. The average molecular weight is 339 g/mol. The van der Waals surface area contributed by atoms with Crippen LogP contribution in [0.5, 0.6) is 0 Å². The molecule has 1 atom stereocenters. The maximum atomic E-state index is 4.75. The van der Waals surface area contributed by atoms with Crippen molar-refractivity contribution in [3.8, 4) is 0 Å². The van der Waals surface area contributed by atoms with Gasteiger partial charge in [-0.1, -0.05) is 0 Å². The van der Waals surface area contributed by atoms with Gasteiger partial charge >= 0.3 is 0 Å². The van der Waals surface area contributed by atoms with Crippen molar-refractivity contribution in [2.45, 2.75) is 51.1 Å². The van der Waals surface area contributed by atoms with Gasteiger partial charge in [0.2, 0.25) is 0 Å². The van der Waals surface area contributed by atoms with Crippen molar-refractivity contribution in [2.75, 3.05) is 11.4 Å². The minimum atomic E-state index is 0.497. The molecule has 0 N–H and O–H groups in total. The van der Waals surface area contributed by atoms with Crippen LogP contribution < -0.4 is 4.90 Å². The fourth-order valence-corrected chi connectivity index (χ4v) is 5.46. The first-order valence-electron chi connectivity index (χ1n) is 8.88. The lowest BCUT2D eigenvalue weighted by atomic mass is 9.97. The van der Waals surface area contributed by atoms with Gasteiger partial charge in [0, 0.05) is 36.4 Å². The van der Waals surface area contributed by atoms with Gasteiger partial charge in [0.05, 0.1) is 11.7 Å². The summed E-state index contributed by atoms with van der Waals surface area (Å²) in [6, 6.07) is 0.497. The Labute approximate surface area is 145 Å². The van der Waals surface area contributed by atoms with E-state index in [2.05, 4.69) is 25.6 Å². The number of aromatic nitrogens is 4. The van der Waals surface area contributed by atoms with Crippen molar-refractivity contribution in [1.29, 1.82) is 0 Å². The Kier molecular flexibility index (Phi) is 3.51. The second-order valence-corrected chi connectivity index (χ2v) is 7.92. The van der Waals surface area contributed by atoms with E-state index in [0.717, 1.165) is 13.1 Å². The van der Waals surface area contributed by atoms with Crippen LogP contribution in [0, 0.1) is 0 Å². The topological polar surface area (TPSA) is 46.8 Å². The molecule has 0 bridgehead atoms. The number of rotatable bonds is 3. The molecule has 5 rings (SSSR count). The molecule has 0 radical (unpaired) electrons. The zero-order valence-electron chi connectivity index (χ0n) is 13.7. The van der Waals surface area contributed by atoms with Crippen molar-refractivity contribution >= 4 is 27.4 Å². The molecule has 0 amide bonds. The number of aryl methyl sites for hydroxylation is 2. The first-order chi connectivity index (χ1) is 11.9. The van der Waals surface area contributed by atoms with Crippen LogP contribution in [0.2, 0.25) is 0 Å². The molecular formula is C18H21N5S. The largest absolute Gasteiger partial charge is 0.351 e. The van der Waals surface area contributed by atoms with E-state index in [1.54, 1.807) is 11.2 Å². The van der Waals surface area contributed by atoms with E-state index in [4.69, 9.17) is 4.98 Å². The summed E-state index contributed by atoms with van der Waals surface area (Å²) in [6.07, 6.45) is 15.1. The molecule has 0 aromatic carbocycles. The van der Waals surface area contributed by atoms with E-state index in [9.17, 15) is 0 Å².